The van der Waals surface area contributed by atoms with Gasteiger partial charge >= 0.3 is 0 Å². The predicted octanol–water partition coefficient (Wildman–Crippen LogP) is 10.7. The lowest BCUT2D eigenvalue weighted by Crippen LogP contribution is -2.19. The zero-order chi connectivity index (χ0) is 44.5. The maximum Gasteiger partial charge on any atom is 0.199 e. The lowest BCUT2D eigenvalue weighted by atomic mass is 9.84. The van der Waals surface area contributed by atoms with Crippen LogP contribution in [0.15, 0.2) is 80.1 Å². The average Bonchev–Trinajstić information content (AvgIpc) is 4.05. The highest BCUT2D eigenvalue weighted by Crippen LogP contribution is 2.45. The summed E-state index contributed by atoms with van der Waals surface area (Å²) in [6.07, 6.45) is 7.86. The molecule has 2 fully saturated rings. The van der Waals surface area contributed by atoms with Crippen LogP contribution in [0.4, 0.5) is 0 Å². The van der Waals surface area contributed by atoms with E-state index in [1.807, 2.05) is 0 Å². The smallest absolute Gasteiger partial charge is 0.199 e. The van der Waals surface area contributed by atoms with Crippen molar-refractivity contribution in [3.8, 4) is 0 Å². The number of ketones is 2. The zero-order valence-electron chi connectivity index (χ0n) is 37.1. The summed E-state index contributed by atoms with van der Waals surface area (Å²) in [7, 11) is -6.83. The van der Waals surface area contributed by atoms with E-state index in [9.17, 15) is 28.2 Å². The first-order chi connectivity index (χ1) is 27.8. The van der Waals surface area contributed by atoms with Crippen molar-refractivity contribution in [3.63, 3.8) is 0 Å². The molecule has 2 saturated carbocycles. The van der Waals surface area contributed by atoms with Crippen LogP contribution in [0, 0.1) is 21.4 Å². The fraction of sp³-hybridized carbons (Fsp3) is 0.542. The van der Waals surface area contributed by atoms with E-state index in [0.717, 1.165) is 22.3 Å². The van der Waals surface area contributed by atoms with Crippen molar-refractivity contribution in [2.75, 3.05) is 11.5 Å². The minimum absolute atomic E-state index is 0.0586. The number of aliphatic hydroxyl groups is 2. The summed E-state index contributed by atoms with van der Waals surface area (Å²) in [6.45, 7) is 19.3. The molecule has 6 rings (SSSR count). The number of furan rings is 2. The van der Waals surface area contributed by atoms with Crippen molar-refractivity contribution in [3.05, 3.63) is 106 Å². The van der Waals surface area contributed by atoms with Crippen molar-refractivity contribution in [1.82, 2.24) is 0 Å². The number of carbonyl (C=O) groups excluding carboxylic acids is 2. The molecule has 2 aromatic heterocycles. The normalized spacial score (nSPS) is 17.7. The Morgan fingerprint density at radius 1 is 0.633 bits per heavy atom. The van der Waals surface area contributed by atoms with E-state index < -0.39 is 42.2 Å². The molecule has 2 heterocycles. The Bertz CT molecular complexity index is 2220. The maximum absolute atomic E-state index is 13.0. The highest BCUT2D eigenvalue weighted by Gasteiger charge is 2.34. The van der Waals surface area contributed by atoms with Crippen LogP contribution >= 0.6 is 0 Å². The van der Waals surface area contributed by atoms with Crippen LogP contribution in [0.25, 0.3) is 0 Å². The molecule has 0 spiro atoms. The zero-order valence-corrected chi connectivity index (χ0v) is 38.7. The molecule has 4 aromatic rings. The quantitative estimate of drug-likeness (QED) is 0.0762. The number of hydrogen-bond donors (Lipinski definition) is 4. The van der Waals surface area contributed by atoms with Crippen molar-refractivity contribution in [2.45, 2.75) is 153 Å². The number of nitrogens with one attached hydrogen (secondary N) is 2. The minimum Gasteiger partial charge on any atom is -0.454 e. The second-order valence-electron chi connectivity index (χ2n) is 18.9. The molecule has 2 aliphatic rings. The minimum atomic E-state index is -3.42. The Kier molecular flexibility index (Phi) is 14.4. The van der Waals surface area contributed by atoms with Gasteiger partial charge in [-0.25, -0.2) is 18.0 Å². The Morgan fingerprint density at radius 2 is 0.950 bits per heavy atom. The molecule has 0 saturated heterocycles. The molecule has 4 atom stereocenters. The van der Waals surface area contributed by atoms with Gasteiger partial charge in [-0.3, -0.25) is 9.59 Å². The van der Waals surface area contributed by atoms with Crippen LogP contribution in [-0.4, -0.2) is 41.7 Å². The van der Waals surface area contributed by atoms with Gasteiger partial charge in [0.05, 0.1) is 35.2 Å². The Balaban J connectivity index is 0.000000228. The molecular weight excluding hydrogens is 797 g/mol. The van der Waals surface area contributed by atoms with E-state index in [-0.39, 0.29) is 46.4 Å². The van der Waals surface area contributed by atoms with Gasteiger partial charge in [-0.2, -0.15) is 0 Å². The fourth-order valence-corrected chi connectivity index (χ4v) is 10.4. The first kappa shape index (κ1) is 47.2. The molecule has 328 valence electrons. The molecule has 0 amide bonds. The van der Waals surface area contributed by atoms with Crippen LogP contribution in [0.5, 0.6) is 0 Å². The largest absolute Gasteiger partial charge is 0.454 e. The molecule has 0 bridgehead atoms. The van der Waals surface area contributed by atoms with E-state index in [4.69, 9.17) is 18.4 Å². The van der Waals surface area contributed by atoms with E-state index >= 15 is 0 Å². The lowest BCUT2D eigenvalue weighted by molar-refractivity contribution is -0.116. The highest BCUT2D eigenvalue weighted by atomic mass is 32.2. The summed E-state index contributed by atoms with van der Waals surface area (Å²) in [6, 6.07) is 15.3. The molecule has 0 radical (unpaired) electrons. The van der Waals surface area contributed by atoms with Crippen molar-refractivity contribution >= 4 is 31.0 Å². The van der Waals surface area contributed by atoms with E-state index in [0.29, 0.717) is 34.8 Å². The van der Waals surface area contributed by atoms with Crippen molar-refractivity contribution in [1.29, 1.82) is 9.56 Å². The monoisotopic (exact) mass is 862 g/mol. The molecular formula is C48H66N2O8S2. The van der Waals surface area contributed by atoms with Crippen LogP contribution < -0.4 is 0 Å². The van der Waals surface area contributed by atoms with Crippen molar-refractivity contribution < 1.29 is 37.1 Å². The maximum atomic E-state index is 13.0. The van der Waals surface area contributed by atoms with E-state index in [2.05, 4.69) is 77.9 Å². The van der Waals surface area contributed by atoms with Gasteiger partial charge < -0.3 is 19.0 Å². The SMILES string of the molecule is CC(C)c1cccc([C@H](C)C2CC2)c1CC(=O)C[S@@](=N)(=O)c1cc(C(C)(C)O)co1.CC(C)c1cccc([C@H](C)C2CC2)c1CC(=O)C[S@](=N)(=O)c1cc(C(C)(C)O)co1. The second-order valence-corrected chi connectivity index (χ2v) is 23.0. The number of hydrogen-bond acceptors (Lipinski definition) is 10. The van der Waals surface area contributed by atoms with Gasteiger partial charge in [0, 0.05) is 36.1 Å². The van der Waals surface area contributed by atoms with Gasteiger partial charge in [0.25, 0.3) is 0 Å². The molecule has 4 N–H and O–H groups in total. The van der Waals surface area contributed by atoms with Gasteiger partial charge in [-0.1, -0.05) is 77.9 Å². The van der Waals surface area contributed by atoms with E-state index in [1.54, 1.807) is 27.7 Å². The summed E-state index contributed by atoms with van der Waals surface area (Å²) in [4.78, 5) is 25.9. The number of rotatable bonds is 18. The Labute approximate surface area is 357 Å². The Morgan fingerprint density at radius 3 is 1.22 bits per heavy atom. The molecule has 2 aromatic carbocycles. The highest BCUT2D eigenvalue weighted by molar-refractivity contribution is 7.93. The van der Waals surface area contributed by atoms with Gasteiger partial charge in [-0.15, -0.1) is 0 Å². The van der Waals surface area contributed by atoms with Crippen molar-refractivity contribution in [2.24, 2.45) is 11.8 Å². The number of carbonyl (C=O) groups is 2. The second kappa shape index (κ2) is 18.2. The first-order valence-corrected chi connectivity index (χ1v) is 24.7. The summed E-state index contributed by atoms with van der Waals surface area (Å²) in [5.41, 5.74) is 5.32. The van der Waals surface area contributed by atoms with Crippen LogP contribution in [0.3, 0.4) is 0 Å². The number of Topliss-reactive ketones (excluding diaryl/α,β-unsaturated/α-hetero) is 2. The predicted molar refractivity (Wildman–Crippen MR) is 237 cm³/mol. The summed E-state index contributed by atoms with van der Waals surface area (Å²) >= 11 is 0. The summed E-state index contributed by atoms with van der Waals surface area (Å²) in [5.74, 6) is 1.44. The third-order valence-electron chi connectivity index (χ3n) is 12.1. The van der Waals surface area contributed by atoms with Crippen LogP contribution in [0.1, 0.15) is 163 Å². The molecule has 10 nitrogen and oxygen atoms in total. The number of benzene rings is 2. The van der Waals surface area contributed by atoms with Gasteiger partial charge in [0.2, 0.25) is 0 Å². The standard InChI is InChI=1S/2C24H33NO4S/c2*1-15(2)20-7-6-8-21(16(3)17-9-10-17)22(20)12-19(26)14-30(25,28)23-11-18(13-29-23)24(4,5)27/h2*6-8,11,13,15-17,25,27H,9-10,12,14H2,1-5H3/t16-,30+;16-,30-/m11/s1. The van der Waals surface area contributed by atoms with E-state index in [1.165, 1.54) is 61.5 Å². The van der Waals surface area contributed by atoms with Gasteiger partial charge in [-0.05, 0) is 122 Å². The third-order valence-corrected chi connectivity index (χ3v) is 15.3. The van der Waals surface area contributed by atoms with Crippen LogP contribution in [-0.2, 0) is 53.1 Å². The first-order valence-electron chi connectivity index (χ1n) is 21.2. The summed E-state index contributed by atoms with van der Waals surface area (Å²) in [5, 5.41) is 20.0. The van der Waals surface area contributed by atoms with Crippen LogP contribution in [0.2, 0.25) is 0 Å². The molecule has 0 aliphatic heterocycles. The Hall–Kier alpha value is -3.84. The fourth-order valence-electron chi connectivity index (χ4n) is 8.00. The topological polar surface area (TPSA) is 183 Å². The average molecular weight is 863 g/mol. The molecule has 12 heteroatoms. The van der Waals surface area contributed by atoms with Gasteiger partial charge in [0.1, 0.15) is 19.5 Å². The lowest BCUT2D eigenvalue weighted by Gasteiger charge is -2.21. The summed E-state index contributed by atoms with van der Waals surface area (Å²) < 4.78 is 53.0. The molecule has 0 unspecified atom stereocenters. The van der Waals surface area contributed by atoms with Gasteiger partial charge in [0.15, 0.2) is 21.8 Å². The third kappa shape index (κ3) is 11.7. The molecule has 2 aliphatic carbocycles. The molecule has 60 heavy (non-hydrogen) atoms.